The number of hydrogen-bond donors (Lipinski definition) is 0. The van der Waals surface area contributed by atoms with Gasteiger partial charge in [0.05, 0.1) is 18.6 Å². The molecule has 9 heteroatoms. The van der Waals surface area contributed by atoms with E-state index in [1.807, 2.05) is 4.90 Å². The van der Waals surface area contributed by atoms with Gasteiger partial charge in [0.15, 0.2) is 11.5 Å². The molecular formula is C22H26ClN3O5. The standard InChI is InChI=1S/C22H26ClN3O5/c1-3-4-13-31-20-8-5-16(14-21(20)30-2)22(27)25-11-9-24(10-12-25)18-7-6-17(23)15-19(18)26(28)29/h5-8,14-15H,3-4,9-13H2,1-2H3. The van der Waals surface area contributed by atoms with Crippen LogP contribution in [0.5, 0.6) is 11.5 Å². The zero-order chi connectivity index (χ0) is 22.4. The zero-order valence-corrected chi connectivity index (χ0v) is 18.4. The highest BCUT2D eigenvalue weighted by Gasteiger charge is 2.27. The minimum absolute atomic E-state index is 0.0318. The van der Waals surface area contributed by atoms with Gasteiger partial charge in [-0.25, -0.2) is 0 Å². The first-order chi connectivity index (χ1) is 14.9. The van der Waals surface area contributed by atoms with Gasteiger partial charge in [0.25, 0.3) is 11.6 Å². The van der Waals surface area contributed by atoms with E-state index in [2.05, 4.69) is 6.92 Å². The van der Waals surface area contributed by atoms with E-state index < -0.39 is 4.92 Å². The Morgan fingerprint density at radius 1 is 1.13 bits per heavy atom. The quantitative estimate of drug-likeness (QED) is 0.339. The van der Waals surface area contributed by atoms with Crippen LogP contribution in [0, 0.1) is 10.1 Å². The highest BCUT2D eigenvalue weighted by Crippen LogP contribution is 2.32. The second-order valence-corrected chi connectivity index (χ2v) is 7.67. The van der Waals surface area contributed by atoms with Crippen LogP contribution in [0.2, 0.25) is 5.02 Å². The Morgan fingerprint density at radius 2 is 1.87 bits per heavy atom. The van der Waals surface area contributed by atoms with E-state index in [1.54, 1.807) is 42.3 Å². The molecule has 0 aromatic heterocycles. The summed E-state index contributed by atoms with van der Waals surface area (Å²) in [5, 5.41) is 11.7. The number of nitro groups is 1. The highest BCUT2D eigenvalue weighted by atomic mass is 35.5. The summed E-state index contributed by atoms with van der Waals surface area (Å²) in [5.74, 6) is 1.04. The van der Waals surface area contributed by atoms with Crippen LogP contribution in [0.4, 0.5) is 11.4 Å². The molecular weight excluding hydrogens is 422 g/mol. The number of hydrogen-bond acceptors (Lipinski definition) is 6. The lowest BCUT2D eigenvalue weighted by Crippen LogP contribution is -2.49. The van der Waals surface area contributed by atoms with Crippen LogP contribution >= 0.6 is 11.6 Å². The summed E-state index contributed by atoms with van der Waals surface area (Å²) >= 11 is 5.91. The van der Waals surface area contributed by atoms with Crippen molar-refractivity contribution in [3.8, 4) is 11.5 Å². The molecule has 1 heterocycles. The summed E-state index contributed by atoms with van der Waals surface area (Å²) < 4.78 is 11.1. The first kappa shape index (κ1) is 22.7. The minimum atomic E-state index is -0.435. The normalized spacial score (nSPS) is 13.8. The third-order valence-corrected chi connectivity index (χ3v) is 5.44. The molecule has 1 fully saturated rings. The van der Waals surface area contributed by atoms with Crippen molar-refractivity contribution in [1.29, 1.82) is 0 Å². The van der Waals surface area contributed by atoms with E-state index in [1.165, 1.54) is 6.07 Å². The van der Waals surface area contributed by atoms with Crippen LogP contribution < -0.4 is 14.4 Å². The molecule has 8 nitrogen and oxygen atoms in total. The molecule has 3 rings (SSSR count). The van der Waals surface area contributed by atoms with Crippen molar-refractivity contribution < 1.29 is 19.2 Å². The fourth-order valence-corrected chi connectivity index (χ4v) is 3.66. The number of nitrogens with zero attached hydrogens (tertiary/aromatic N) is 3. The molecule has 1 aliphatic heterocycles. The molecule has 0 aliphatic carbocycles. The lowest BCUT2D eigenvalue weighted by molar-refractivity contribution is -0.384. The Bertz CT molecular complexity index is 945. The molecule has 2 aromatic rings. The van der Waals surface area contributed by atoms with Crippen LogP contribution in [-0.2, 0) is 0 Å². The number of halogens is 1. The number of nitro benzene ring substituents is 1. The third-order valence-electron chi connectivity index (χ3n) is 5.21. The van der Waals surface area contributed by atoms with Crippen LogP contribution in [0.25, 0.3) is 0 Å². The van der Waals surface area contributed by atoms with Crippen LogP contribution in [0.15, 0.2) is 36.4 Å². The van der Waals surface area contributed by atoms with Gasteiger partial charge in [-0.15, -0.1) is 0 Å². The molecule has 1 saturated heterocycles. The van der Waals surface area contributed by atoms with Gasteiger partial charge in [0, 0.05) is 42.8 Å². The van der Waals surface area contributed by atoms with Crippen molar-refractivity contribution in [3.63, 3.8) is 0 Å². The molecule has 0 spiro atoms. The second-order valence-electron chi connectivity index (χ2n) is 7.24. The summed E-state index contributed by atoms with van der Waals surface area (Å²) in [7, 11) is 1.55. The number of unbranched alkanes of at least 4 members (excludes halogenated alkanes) is 1. The maximum Gasteiger partial charge on any atom is 0.294 e. The smallest absolute Gasteiger partial charge is 0.294 e. The number of ether oxygens (including phenoxy) is 2. The van der Waals surface area contributed by atoms with Crippen molar-refractivity contribution in [3.05, 3.63) is 57.1 Å². The Labute approximate surface area is 186 Å². The molecule has 0 radical (unpaired) electrons. The lowest BCUT2D eigenvalue weighted by atomic mass is 10.1. The van der Waals surface area contributed by atoms with E-state index in [4.69, 9.17) is 21.1 Å². The highest BCUT2D eigenvalue weighted by molar-refractivity contribution is 6.30. The van der Waals surface area contributed by atoms with Crippen molar-refractivity contribution in [1.82, 2.24) is 4.90 Å². The Kier molecular flexibility index (Phi) is 7.57. The van der Waals surface area contributed by atoms with Crippen LogP contribution in [-0.4, -0.2) is 55.6 Å². The summed E-state index contributed by atoms with van der Waals surface area (Å²) in [5.41, 5.74) is 0.998. The number of carbonyl (C=O) groups is 1. The SMILES string of the molecule is CCCCOc1ccc(C(=O)N2CCN(c3ccc(Cl)cc3[N+](=O)[O-])CC2)cc1OC. The van der Waals surface area contributed by atoms with E-state index in [9.17, 15) is 14.9 Å². The average Bonchev–Trinajstić information content (AvgIpc) is 2.79. The van der Waals surface area contributed by atoms with Gasteiger partial charge >= 0.3 is 0 Å². The predicted octanol–water partition coefficient (Wildman–Crippen LogP) is 4.40. The molecule has 31 heavy (non-hydrogen) atoms. The number of amides is 1. The average molecular weight is 448 g/mol. The summed E-state index contributed by atoms with van der Waals surface area (Å²) in [6.07, 6.45) is 1.98. The van der Waals surface area contributed by atoms with Crippen LogP contribution in [0.1, 0.15) is 30.1 Å². The number of piperazine rings is 1. The van der Waals surface area contributed by atoms with Gasteiger partial charge in [-0.05, 0) is 36.8 Å². The number of carbonyl (C=O) groups excluding carboxylic acids is 1. The molecule has 0 unspecified atom stereocenters. The molecule has 0 bridgehead atoms. The van der Waals surface area contributed by atoms with Crippen LogP contribution in [0.3, 0.4) is 0 Å². The van der Waals surface area contributed by atoms with E-state index in [-0.39, 0.29) is 11.6 Å². The third kappa shape index (κ3) is 5.38. The molecule has 166 valence electrons. The first-order valence-electron chi connectivity index (χ1n) is 10.2. The Hall–Kier alpha value is -3.00. The molecule has 0 saturated carbocycles. The summed E-state index contributed by atoms with van der Waals surface area (Å²) in [6, 6.07) is 9.83. The number of benzene rings is 2. The monoisotopic (exact) mass is 447 g/mol. The van der Waals surface area contributed by atoms with Gasteiger partial charge in [-0.3, -0.25) is 14.9 Å². The molecule has 2 aromatic carbocycles. The maximum absolute atomic E-state index is 13.0. The number of anilines is 1. The van der Waals surface area contributed by atoms with Crippen molar-refractivity contribution in [2.24, 2.45) is 0 Å². The first-order valence-corrected chi connectivity index (χ1v) is 10.6. The summed E-state index contributed by atoms with van der Waals surface area (Å²) in [4.78, 5) is 27.6. The van der Waals surface area contributed by atoms with Gasteiger partial charge in [-0.1, -0.05) is 24.9 Å². The van der Waals surface area contributed by atoms with Crippen molar-refractivity contribution >= 4 is 28.9 Å². The zero-order valence-electron chi connectivity index (χ0n) is 17.7. The molecule has 1 amide bonds. The van der Waals surface area contributed by atoms with Crippen molar-refractivity contribution in [2.75, 3.05) is 44.8 Å². The molecule has 0 N–H and O–H groups in total. The fourth-order valence-electron chi connectivity index (χ4n) is 3.49. The fraction of sp³-hybridized carbons (Fsp3) is 0.409. The summed E-state index contributed by atoms with van der Waals surface area (Å²) in [6.45, 7) is 4.57. The van der Waals surface area contributed by atoms with Gasteiger partial charge in [-0.2, -0.15) is 0 Å². The topological polar surface area (TPSA) is 85.2 Å². The molecule has 0 atom stereocenters. The van der Waals surface area contributed by atoms with Gasteiger partial charge < -0.3 is 19.3 Å². The maximum atomic E-state index is 13.0. The lowest BCUT2D eigenvalue weighted by Gasteiger charge is -2.36. The van der Waals surface area contributed by atoms with E-state index >= 15 is 0 Å². The number of rotatable bonds is 8. The Morgan fingerprint density at radius 3 is 2.52 bits per heavy atom. The minimum Gasteiger partial charge on any atom is -0.493 e. The Balaban J connectivity index is 1.67. The second kappa shape index (κ2) is 10.3. The van der Waals surface area contributed by atoms with Gasteiger partial charge in [0.2, 0.25) is 0 Å². The van der Waals surface area contributed by atoms with E-state index in [0.29, 0.717) is 60.6 Å². The molecule has 1 aliphatic rings. The van der Waals surface area contributed by atoms with Gasteiger partial charge in [0.1, 0.15) is 5.69 Å². The largest absolute Gasteiger partial charge is 0.493 e. The van der Waals surface area contributed by atoms with E-state index in [0.717, 1.165) is 12.8 Å². The van der Waals surface area contributed by atoms with Crippen molar-refractivity contribution in [2.45, 2.75) is 19.8 Å². The predicted molar refractivity (Wildman–Crippen MR) is 120 cm³/mol. The number of methoxy groups -OCH3 is 1.